The van der Waals surface area contributed by atoms with Crippen LogP contribution in [0.3, 0.4) is 0 Å². The molecule has 0 saturated heterocycles. The number of anilines is 1. The number of thiazole rings is 1. The Morgan fingerprint density at radius 3 is 2.67 bits per heavy atom. The first-order chi connectivity index (χ1) is 11.5. The number of hydrogen-bond donors (Lipinski definition) is 2. The molecule has 24 heavy (non-hydrogen) atoms. The molecule has 7 heteroatoms. The molecule has 3 aromatic rings. The zero-order valence-corrected chi connectivity index (χ0v) is 15.1. The number of rotatable bonds is 5. The van der Waals surface area contributed by atoms with Gasteiger partial charge in [-0.3, -0.25) is 4.79 Å². The standard InChI is InChI=1S/C17H18N4OS2/c1-10(2)11-3-5-12(6-4-11)16-19-13(8-23-16)9-24-17-20-14(18)7-15(22)21-17/h3-8,10H,9H2,1-2H3,(H3,18,20,21,22). The highest BCUT2D eigenvalue weighted by atomic mass is 32.2. The number of aromatic nitrogens is 3. The quantitative estimate of drug-likeness (QED) is 0.534. The molecule has 0 aliphatic carbocycles. The van der Waals surface area contributed by atoms with Crippen LogP contribution >= 0.6 is 23.1 Å². The van der Waals surface area contributed by atoms with Gasteiger partial charge in [0, 0.05) is 22.8 Å². The minimum Gasteiger partial charge on any atom is -0.383 e. The molecule has 2 aromatic heterocycles. The summed E-state index contributed by atoms with van der Waals surface area (Å²) in [7, 11) is 0. The van der Waals surface area contributed by atoms with Crippen LogP contribution in [-0.2, 0) is 5.75 Å². The molecule has 0 saturated carbocycles. The van der Waals surface area contributed by atoms with Gasteiger partial charge in [-0.1, -0.05) is 49.9 Å². The summed E-state index contributed by atoms with van der Waals surface area (Å²) in [6, 6.07) is 9.80. The van der Waals surface area contributed by atoms with Crippen molar-refractivity contribution in [1.82, 2.24) is 15.0 Å². The Labute approximate surface area is 148 Å². The molecule has 3 N–H and O–H groups in total. The summed E-state index contributed by atoms with van der Waals surface area (Å²) in [5.41, 5.74) is 8.74. The van der Waals surface area contributed by atoms with Crippen LogP contribution in [0.15, 0.2) is 45.7 Å². The minimum absolute atomic E-state index is 0.227. The molecule has 3 rings (SSSR count). The molecule has 2 heterocycles. The third-order valence-corrected chi connectivity index (χ3v) is 5.32. The summed E-state index contributed by atoms with van der Waals surface area (Å²) in [5.74, 6) is 1.38. The third-order valence-electron chi connectivity index (χ3n) is 3.47. The van der Waals surface area contributed by atoms with Crippen LogP contribution in [0.5, 0.6) is 0 Å². The van der Waals surface area contributed by atoms with Crippen molar-refractivity contribution in [3.8, 4) is 10.6 Å². The first-order valence-corrected chi connectivity index (χ1v) is 9.42. The van der Waals surface area contributed by atoms with Gasteiger partial charge in [-0.25, -0.2) is 9.97 Å². The number of nitrogens with zero attached hydrogens (tertiary/aromatic N) is 2. The second-order valence-electron chi connectivity index (χ2n) is 5.68. The lowest BCUT2D eigenvalue weighted by Crippen LogP contribution is -2.09. The number of aromatic amines is 1. The van der Waals surface area contributed by atoms with Crippen molar-refractivity contribution in [2.45, 2.75) is 30.7 Å². The maximum absolute atomic E-state index is 11.4. The van der Waals surface area contributed by atoms with E-state index in [4.69, 9.17) is 5.73 Å². The molecule has 0 fully saturated rings. The Morgan fingerprint density at radius 2 is 2.00 bits per heavy atom. The molecular weight excluding hydrogens is 340 g/mol. The molecule has 0 radical (unpaired) electrons. The first kappa shape index (κ1) is 16.7. The van der Waals surface area contributed by atoms with Gasteiger partial charge < -0.3 is 10.7 Å². The molecule has 0 atom stereocenters. The average Bonchev–Trinajstić information content (AvgIpc) is 3.01. The number of nitrogens with two attached hydrogens (primary N) is 1. The van der Waals surface area contributed by atoms with E-state index in [-0.39, 0.29) is 11.4 Å². The number of thioether (sulfide) groups is 1. The van der Waals surface area contributed by atoms with Gasteiger partial charge in [-0.2, -0.15) is 0 Å². The van der Waals surface area contributed by atoms with Crippen molar-refractivity contribution >= 4 is 28.9 Å². The van der Waals surface area contributed by atoms with Gasteiger partial charge in [0.05, 0.1) is 5.69 Å². The van der Waals surface area contributed by atoms with Crippen molar-refractivity contribution in [1.29, 1.82) is 0 Å². The third kappa shape index (κ3) is 4.04. The monoisotopic (exact) mass is 358 g/mol. The van der Waals surface area contributed by atoms with E-state index in [0.29, 0.717) is 16.8 Å². The van der Waals surface area contributed by atoms with Crippen molar-refractivity contribution < 1.29 is 0 Å². The Hall–Kier alpha value is -2.12. The number of hydrogen-bond acceptors (Lipinski definition) is 6. The lowest BCUT2D eigenvalue weighted by molar-refractivity contribution is 0.867. The van der Waals surface area contributed by atoms with Crippen LogP contribution in [0.2, 0.25) is 0 Å². The van der Waals surface area contributed by atoms with Crippen molar-refractivity contribution in [2.24, 2.45) is 0 Å². The van der Waals surface area contributed by atoms with Gasteiger partial charge in [0.1, 0.15) is 10.8 Å². The van der Waals surface area contributed by atoms with Gasteiger partial charge >= 0.3 is 0 Å². The molecule has 1 aromatic carbocycles. The van der Waals surface area contributed by atoms with E-state index in [0.717, 1.165) is 16.3 Å². The fourth-order valence-electron chi connectivity index (χ4n) is 2.18. The van der Waals surface area contributed by atoms with Crippen LogP contribution in [0.4, 0.5) is 5.82 Å². The van der Waals surface area contributed by atoms with Crippen LogP contribution in [0.1, 0.15) is 31.0 Å². The molecule has 0 bridgehead atoms. The molecule has 0 spiro atoms. The minimum atomic E-state index is -0.241. The molecule has 124 valence electrons. The summed E-state index contributed by atoms with van der Waals surface area (Å²) >= 11 is 3.03. The van der Waals surface area contributed by atoms with E-state index in [1.54, 1.807) is 11.3 Å². The Kier molecular flexibility index (Phi) is 5.01. The topological polar surface area (TPSA) is 84.7 Å². The predicted molar refractivity (Wildman–Crippen MR) is 100 cm³/mol. The highest BCUT2D eigenvalue weighted by molar-refractivity contribution is 7.98. The molecule has 0 aliphatic rings. The maximum Gasteiger partial charge on any atom is 0.253 e. The second kappa shape index (κ2) is 7.19. The summed E-state index contributed by atoms with van der Waals surface area (Å²) in [5, 5.41) is 3.54. The van der Waals surface area contributed by atoms with E-state index in [1.165, 1.54) is 23.4 Å². The Bertz CT molecular complexity index is 884. The molecule has 0 amide bonds. The second-order valence-corrected chi connectivity index (χ2v) is 7.51. The van der Waals surface area contributed by atoms with Crippen LogP contribution in [-0.4, -0.2) is 15.0 Å². The lowest BCUT2D eigenvalue weighted by atomic mass is 10.0. The van der Waals surface area contributed by atoms with Gasteiger partial charge in [-0.05, 0) is 11.5 Å². The summed E-state index contributed by atoms with van der Waals surface area (Å²) in [6.07, 6.45) is 0. The number of nitrogen functional groups attached to an aromatic ring is 1. The highest BCUT2D eigenvalue weighted by Crippen LogP contribution is 2.28. The van der Waals surface area contributed by atoms with Crippen molar-refractivity contribution in [2.75, 3.05) is 5.73 Å². The van der Waals surface area contributed by atoms with Gasteiger partial charge in [0.2, 0.25) is 0 Å². The average molecular weight is 358 g/mol. The van der Waals surface area contributed by atoms with Crippen LogP contribution < -0.4 is 11.3 Å². The van der Waals surface area contributed by atoms with E-state index in [9.17, 15) is 4.79 Å². The van der Waals surface area contributed by atoms with Gasteiger partial charge in [-0.15, -0.1) is 11.3 Å². The van der Waals surface area contributed by atoms with Crippen LogP contribution in [0.25, 0.3) is 10.6 Å². The van der Waals surface area contributed by atoms with E-state index < -0.39 is 0 Å². The van der Waals surface area contributed by atoms with E-state index in [2.05, 4.69) is 53.1 Å². The fourth-order valence-corrected chi connectivity index (χ4v) is 3.89. The SMILES string of the molecule is CC(C)c1ccc(-c2nc(CSc3nc(N)cc(=O)[nH]3)cs2)cc1. The number of H-pyrrole nitrogens is 1. The highest BCUT2D eigenvalue weighted by Gasteiger charge is 2.07. The first-order valence-electron chi connectivity index (χ1n) is 7.55. The largest absolute Gasteiger partial charge is 0.383 e. The van der Waals surface area contributed by atoms with Crippen molar-refractivity contribution in [3.63, 3.8) is 0 Å². The molecule has 0 unspecified atom stereocenters. The predicted octanol–water partition coefficient (Wildman–Crippen LogP) is 3.89. The lowest BCUT2D eigenvalue weighted by Gasteiger charge is -2.05. The summed E-state index contributed by atoms with van der Waals surface area (Å²) < 4.78 is 0. The van der Waals surface area contributed by atoms with Gasteiger partial charge in [0.15, 0.2) is 5.16 Å². The Balaban J connectivity index is 1.70. The van der Waals surface area contributed by atoms with Gasteiger partial charge in [0.25, 0.3) is 5.56 Å². The fraction of sp³-hybridized carbons (Fsp3) is 0.235. The number of benzene rings is 1. The van der Waals surface area contributed by atoms with Crippen molar-refractivity contribution in [3.05, 3.63) is 57.3 Å². The Morgan fingerprint density at radius 1 is 1.25 bits per heavy atom. The summed E-state index contributed by atoms with van der Waals surface area (Å²) in [4.78, 5) is 22.8. The zero-order chi connectivity index (χ0) is 17.1. The molecular formula is C17H18N4OS2. The van der Waals surface area contributed by atoms with E-state index >= 15 is 0 Å². The molecule has 0 aliphatic heterocycles. The zero-order valence-electron chi connectivity index (χ0n) is 13.4. The number of nitrogens with one attached hydrogen (secondary N) is 1. The molecule has 5 nitrogen and oxygen atoms in total. The smallest absolute Gasteiger partial charge is 0.253 e. The maximum atomic E-state index is 11.4. The van der Waals surface area contributed by atoms with Crippen LogP contribution in [0, 0.1) is 0 Å². The van der Waals surface area contributed by atoms with E-state index in [1.807, 2.05) is 5.38 Å². The normalized spacial score (nSPS) is 11.1. The summed E-state index contributed by atoms with van der Waals surface area (Å²) in [6.45, 7) is 4.37.